The van der Waals surface area contributed by atoms with E-state index in [9.17, 15) is 19.5 Å². The van der Waals surface area contributed by atoms with Crippen molar-refractivity contribution >= 4 is 17.8 Å². The number of rotatable bonds is 9. The fourth-order valence-electron chi connectivity index (χ4n) is 6.12. The first-order valence-electron chi connectivity index (χ1n) is 12.9. The molecule has 1 saturated carbocycles. The first kappa shape index (κ1) is 25.7. The summed E-state index contributed by atoms with van der Waals surface area (Å²) in [5, 5.41) is 13.4. The van der Waals surface area contributed by atoms with Crippen LogP contribution in [0.2, 0.25) is 0 Å². The van der Waals surface area contributed by atoms with E-state index in [0.717, 1.165) is 38.5 Å². The smallest absolute Gasteiger partial charge is 0.310 e. The third kappa shape index (κ3) is 5.28. The van der Waals surface area contributed by atoms with Gasteiger partial charge in [-0.25, -0.2) is 0 Å². The number of hydrogen-bond donors (Lipinski definition) is 2. The summed E-state index contributed by atoms with van der Waals surface area (Å²) in [5.74, 6) is -2.50. The lowest BCUT2D eigenvalue weighted by molar-refractivity contribution is -0.156. The van der Waals surface area contributed by atoms with Crippen LogP contribution in [0.3, 0.4) is 0 Å². The molecule has 1 saturated heterocycles. The number of aliphatic hydroxyl groups excluding tert-OH is 1. The van der Waals surface area contributed by atoms with Crippen molar-refractivity contribution in [1.82, 2.24) is 10.2 Å². The van der Waals surface area contributed by atoms with Gasteiger partial charge in [0.1, 0.15) is 6.04 Å². The van der Waals surface area contributed by atoms with Gasteiger partial charge in [0.05, 0.1) is 31.1 Å². The number of hydrogen-bond acceptors (Lipinski definition) is 5. The molecular weight excluding hydrogens is 420 g/mol. The second-order valence-corrected chi connectivity index (χ2v) is 10.2. The number of ether oxygens (including phenoxy) is 1. The minimum absolute atomic E-state index is 0.0273. The van der Waals surface area contributed by atoms with E-state index in [1.807, 2.05) is 26.0 Å². The highest BCUT2D eigenvalue weighted by atomic mass is 16.5. The van der Waals surface area contributed by atoms with Crippen LogP contribution < -0.4 is 5.32 Å². The number of esters is 1. The van der Waals surface area contributed by atoms with Crippen molar-refractivity contribution in [2.75, 3.05) is 13.2 Å². The molecule has 7 heteroatoms. The Balaban J connectivity index is 1.99. The summed E-state index contributed by atoms with van der Waals surface area (Å²) in [7, 11) is 0. The number of aliphatic hydroxyl groups is 1. The van der Waals surface area contributed by atoms with Crippen molar-refractivity contribution in [1.29, 1.82) is 0 Å². The summed E-state index contributed by atoms with van der Waals surface area (Å²) in [5.41, 5.74) is 0. The van der Waals surface area contributed by atoms with Crippen molar-refractivity contribution in [3.8, 4) is 0 Å². The van der Waals surface area contributed by atoms with E-state index in [2.05, 4.69) is 12.2 Å². The van der Waals surface area contributed by atoms with Crippen LogP contribution in [0.15, 0.2) is 12.2 Å². The Morgan fingerprint density at radius 2 is 1.88 bits per heavy atom. The van der Waals surface area contributed by atoms with Crippen molar-refractivity contribution in [2.24, 2.45) is 29.6 Å². The minimum Gasteiger partial charge on any atom is -0.466 e. The molecule has 0 bridgehead atoms. The predicted octanol–water partition coefficient (Wildman–Crippen LogP) is 3.06. The molecule has 6 atom stereocenters. The highest BCUT2D eigenvalue weighted by Crippen LogP contribution is 2.46. The van der Waals surface area contributed by atoms with Gasteiger partial charge in [0, 0.05) is 12.0 Å². The maximum absolute atomic E-state index is 13.9. The quantitative estimate of drug-likeness (QED) is 0.406. The Morgan fingerprint density at radius 1 is 1.18 bits per heavy atom. The van der Waals surface area contributed by atoms with Crippen LogP contribution in [0, 0.1) is 29.6 Å². The van der Waals surface area contributed by atoms with Crippen LogP contribution in [0.1, 0.15) is 72.6 Å². The second-order valence-electron chi connectivity index (χ2n) is 10.2. The largest absolute Gasteiger partial charge is 0.466 e. The van der Waals surface area contributed by atoms with Gasteiger partial charge in [-0.15, -0.1) is 0 Å². The summed E-state index contributed by atoms with van der Waals surface area (Å²) in [6.45, 7) is 7.76. The van der Waals surface area contributed by atoms with E-state index >= 15 is 0 Å². The molecule has 0 aromatic rings. The van der Waals surface area contributed by atoms with Crippen LogP contribution in [0.4, 0.5) is 0 Å². The van der Waals surface area contributed by atoms with E-state index in [0.29, 0.717) is 0 Å². The summed E-state index contributed by atoms with van der Waals surface area (Å²) in [6, 6.07) is -1.08. The maximum atomic E-state index is 13.9. The van der Waals surface area contributed by atoms with Gasteiger partial charge in [0.2, 0.25) is 11.8 Å². The first-order chi connectivity index (χ1) is 15.8. The van der Waals surface area contributed by atoms with Crippen molar-refractivity contribution in [3.63, 3.8) is 0 Å². The van der Waals surface area contributed by atoms with Crippen LogP contribution >= 0.6 is 0 Å². The Kier molecular flexibility index (Phi) is 8.96. The van der Waals surface area contributed by atoms with Gasteiger partial charge in [0.25, 0.3) is 0 Å². The van der Waals surface area contributed by atoms with Crippen molar-refractivity contribution in [2.45, 2.75) is 90.8 Å². The molecule has 0 aromatic carbocycles. The third-order valence-corrected chi connectivity index (χ3v) is 7.76. The number of carbonyl (C=O) groups excluding carboxylic acids is 3. The molecule has 3 rings (SSSR count). The Morgan fingerprint density at radius 3 is 2.45 bits per heavy atom. The average molecular weight is 463 g/mol. The van der Waals surface area contributed by atoms with Crippen LogP contribution in [0.5, 0.6) is 0 Å². The van der Waals surface area contributed by atoms with Gasteiger partial charge in [-0.05, 0) is 38.0 Å². The summed E-state index contributed by atoms with van der Waals surface area (Å²) >= 11 is 0. The van der Waals surface area contributed by atoms with Crippen LogP contribution in [0.25, 0.3) is 0 Å². The molecule has 2 aliphatic carbocycles. The fraction of sp³-hybridized carbons (Fsp3) is 0.808. The molecule has 1 heterocycles. The molecule has 1 aliphatic heterocycles. The number of nitrogens with zero attached hydrogens (tertiary/aromatic N) is 1. The standard InChI is InChI=1S/C26H42N2O5/c1-5-10-17-13-14-19-22(21(17)26(32)33-6-2)25(31)28(20(15-29)16(3)4)23(19)24(30)27-18-11-8-7-9-12-18/h13-14,16-23,29H,5-12,15H2,1-4H3,(H,27,30)/t17-,19+,20+,21-,22-,23+/m1/s1. The van der Waals surface area contributed by atoms with Gasteiger partial charge in [-0.1, -0.05) is 58.6 Å². The minimum atomic E-state index is -0.722. The van der Waals surface area contributed by atoms with Crippen LogP contribution in [-0.2, 0) is 19.1 Å². The van der Waals surface area contributed by atoms with Crippen molar-refractivity contribution in [3.05, 3.63) is 12.2 Å². The number of nitrogens with one attached hydrogen (secondary N) is 1. The van der Waals surface area contributed by atoms with Crippen LogP contribution in [-0.4, -0.2) is 59.1 Å². The fourth-order valence-corrected chi connectivity index (χ4v) is 6.12. The number of allylic oxidation sites excluding steroid dienone is 1. The van der Waals surface area contributed by atoms with E-state index in [-0.39, 0.29) is 48.9 Å². The normalized spacial score (nSPS) is 30.9. The SMILES string of the molecule is CCC[C@@H]1C=C[C@H]2[C@@H](C(=O)N([C@@H](CO)C(C)C)[C@@H]2C(=O)NC2CCCCC2)[C@@H]1C(=O)OCC. The number of likely N-dealkylation sites (tertiary alicyclic amines) is 1. The Labute approximate surface area is 198 Å². The lowest BCUT2D eigenvalue weighted by Gasteiger charge is -2.36. The van der Waals surface area contributed by atoms with Gasteiger partial charge < -0.3 is 20.1 Å². The van der Waals surface area contributed by atoms with E-state index in [1.165, 1.54) is 6.42 Å². The lowest BCUT2D eigenvalue weighted by Crippen LogP contribution is -2.55. The molecule has 0 aromatic heterocycles. The zero-order chi connectivity index (χ0) is 24.1. The molecule has 0 radical (unpaired) electrons. The third-order valence-electron chi connectivity index (χ3n) is 7.76. The number of amides is 2. The monoisotopic (exact) mass is 462 g/mol. The zero-order valence-corrected chi connectivity index (χ0v) is 20.7. The molecule has 3 aliphatic rings. The number of fused-ring (bicyclic) bond motifs is 1. The van der Waals surface area contributed by atoms with Gasteiger partial charge in [-0.3, -0.25) is 14.4 Å². The lowest BCUT2D eigenvalue weighted by atomic mass is 9.68. The summed E-state index contributed by atoms with van der Waals surface area (Å²) in [6.07, 6.45) is 11.0. The Hall–Kier alpha value is -1.89. The Bertz CT molecular complexity index is 730. The highest BCUT2D eigenvalue weighted by Gasteiger charge is 2.59. The summed E-state index contributed by atoms with van der Waals surface area (Å²) in [4.78, 5) is 42.2. The second kappa shape index (κ2) is 11.5. The number of carbonyl (C=O) groups is 3. The molecule has 0 unspecified atom stereocenters. The van der Waals surface area contributed by atoms with Gasteiger partial charge in [-0.2, -0.15) is 0 Å². The molecule has 2 amide bonds. The van der Waals surface area contributed by atoms with E-state index < -0.39 is 29.8 Å². The van der Waals surface area contributed by atoms with Gasteiger partial charge >= 0.3 is 5.97 Å². The molecular formula is C26H42N2O5. The predicted molar refractivity (Wildman–Crippen MR) is 126 cm³/mol. The maximum Gasteiger partial charge on any atom is 0.310 e. The first-order valence-corrected chi connectivity index (χ1v) is 12.9. The molecule has 2 fully saturated rings. The summed E-state index contributed by atoms with van der Waals surface area (Å²) < 4.78 is 5.41. The molecule has 33 heavy (non-hydrogen) atoms. The topological polar surface area (TPSA) is 95.9 Å². The molecule has 2 N–H and O–H groups in total. The highest BCUT2D eigenvalue weighted by molar-refractivity contribution is 5.96. The zero-order valence-electron chi connectivity index (χ0n) is 20.7. The van der Waals surface area contributed by atoms with E-state index in [1.54, 1.807) is 11.8 Å². The van der Waals surface area contributed by atoms with Crippen molar-refractivity contribution < 1.29 is 24.2 Å². The molecule has 0 spiro atoms. The van der Waals surface area contributed by atoms with Gasteiger partial charge in [0.15, 0.2) is 0 Å². The average Bonchev–Trinajstić information content (AvgIpc) is 3.07. The molecule has 7 nitrogen and oxygen atoms in total. The van der Waals surface area contributed by atoms with E-state index in [4.69, 9.17) is 4.74 Å². The molecule has 186 valence electrons.